The van der Waals surface area contributed by atoms with Crippen LogP contribution in [-0.2, 0) is 4.79 Å². The molecule has 0 atom stereocenters. The molecule has 1 aliphatic carbocycles. The van der Waals surface area contributed by atoms with E-state index in [0.717, 1.165) is 24.0 Å². The Kier molecular flexibility index (Phi) is 5.00. The lowest BCUT2D eigenvalue weighted by atomic mass is 10.1. The lowest BCUT2D eigenvalue weighted by molar-refractivity contribution is -0.127. The van der Waals surface area contributed by atoms with Crippen molar-refractivity contribution >= 4 is 23.9 Å². The van der Waals surface area contributed by atoms with E-state index in [-0.39, 0.29) is 36.2 Å². The fourth-order valence-electron chi connectivity index (χ4n) is 3.75. The summed E-state index contributed by atoms with van der Waals surface area (Å²) in [5.74, 6) is -1.07. The van der Waals surface area contributed by atoms with Crippen molar-refractivity contribution in [2.24, 2.45) is 0 Å². The monoisotopic (exact) mass is 396 g/mol. The number of rotatable bonds is 7. The second-order valence-electron chi connectivity index (χ2n) is 7.38. The van der Waals surface area contributed by atoms with Gasteiger partial charge in [0.2, 0.25) is 0 Å². The third-order valence-electron chi connectivity index (χ3n) is 5.47. The van der Waals surface area contributed by atoms with Crippen molar-refractivity contribution in [2.45, 2.75) is 25.3 Å². The molecule has 2 heterocycles. The molecule has 7 nitrogen and oxygen atoms in total. The first-order chi connectivity index (χ1) is 14.0. The number of fused-ring (bicyclic) bond motifs is 1. The predicted octanol–water partition coefficient (Wildman–Crippen LogP) is 2.02. The Morgan fingerprint density at radius 3 is 2.34 bits per heavy atom. The molecule has 2 N–H and O–H groups in total. The van der Waals surface area contributed by atoms with Crippen LogP contribution in [0.5, 0.6) is 0 Å². The number of carbonyl (C=O) groups is 3. The van der Waals surface area contributed by atoms with E-state index in [2.05, 4.69) is 5.32 Å². The number of carbonyl (C=O) groups excluding carboxylic acids is 3. The highest BCUT2D eigenvalue weighted by molar-refractivity contribution is 6.21. The molecule has 3 amide bonds. The molecular weight excluding hydrogens is 375 g/mol. The Balaban J connectivity index is 1.43. The zero-order chi connectivity index (χ0) is 20.5. The summed E-state index contributed by atoms with van der Waals surface area (Å²) in [5, 5.41) is 10.6. The van der Waals surface area contributed by atoms with E-state index in [1.54, 1.807) is 29.2 Å². The van der Waals surface area contributed by atoms with Crippen LogP contribution in [0, 0.1) is 5.41 Å². The number of halogens is 1. The number of hydrogen-bond donors (Lipinski definition) is 2. The quantitative estimate of drug-likeness (QED) is 0.545. The molecule has 2 aliphatic heterocycles. The van der Waals surface area contributed by atoms with Crippen molar-refractivity contribution in [3.05, 3.63) is 58.6 Å². The van der Waals surface area contributed by atoms with Gasteiger partial charge >= 0.3 is 0 Å². The summed E-state index contributed by atoms with van der Waals surface area (Å²) in [5.41, 5.74) is 1.70. The van der Waals surface area contributed by atoms with Gasteiger partial charge < -0.3 is 15.6 Å². The van der Waals surface area contributed by atoms with E-state index in [9.17, 15) is 18.8 Å². The van der Waals surface area contributed by atoms with E-state index < -0.39 is 11.8 Å². The van der Waals surface area contributed by atoms with Crippen molar-refractivity contribution in [3.63, 3.8) is 0 Å². The standard InChI is InChI=1S/C21H21FN4O3/c22-9-13(12-26-19(27)15-3-1-2-4-16(15)20(26)28)11-24-18-7-8-25(14-5-6-14)21(29)17(18)10-23/h1-4,9-10,14,23-24H,5-8,11-12H2/b13-9-,23-10?. The minimum atomic E-state index is -0.447. The number of imide groups is 1. The molecular formula is C21H21FN4O3. The summed E-state index contributed by atoms with van der Waals surface area (Å²) in [6, 6.07) is 6.78. The average molecular weight is 396 g/mol. The maximum atomic E-state index is 13.5. The number of nitrogens with zero attached hydrogens (tertiary/aromatic N) is 2. The molecule has 1 saturated carbocycles. The van der Waals surface area contributed by atoms with Gasteiger partial charge in [0, 0.05) is 37.5 Å². The van der Waals surface area contributed by atoms with Gasteiger partial charge in [0.05, 0.1) is 29.6 Å². The third-order valence-corrected chi connectivity index (χ3v) is 5.47. The summed E-state index contributed by atoms with van der Waals surface area (Å²) in [6.45, 7) is 0.425. The van der Waals surface area contributed by atoms with Gasteiger partial charge in [-0.1, -0.05) is 12.1 Å². The zero-order valence-corrected chi connectivity index (χ0v) is 15.8. The summed E-state index contributed by atoms with van der Waals surface area (Å²) in [6.07, 6.45) is 3.95. The third kappa shape index (κ3) is 3.46. The second kappa shape index (κ2) is 7.62. The van der Waals surface area contributed by atoms with Crippen LogP contribution >= 0.6 is 0 Å². The lowest BCUT2D eigenvalue weighted by Gasteiger charge is -2.30. The highest BCUT2D eigenvalue weighted by Gasteiger charge is 2.37. The molecule has 29 heavy (non-hydrogen) atoms. The topological polar surface area (TPSA) is 93.6 Å². The van der Waals surface area contributed by atoms with Gasteiger partial charge in [-0.25, -0.2) is 4.39 Å². The lowest BCUT2D eigenvalue weighted by Crippen LogP contribution is -2.42. The first-order valence-corrected chi connectivity index (χ1v) is 9.57. The van der Waals surface area contributed by atoms with Gasteiger partial charge in [0.25, 0.3) is 17.7 Å². The highest BCUT2D eigenvalue weighted by atomic mass is 19.1. The van der Waals surface area contributed by atoms with Crippen LogP contribution in [0.3, 0.4) is 0 Å². The average Bonchev–Trinajstić information content (AvgIpc) is 3.55. The molecule has 3 aliphatic rings. The Labute approximate surface area is 167 Å². The van der Waals surface area contributed by atoms with E-state index in [4.69, 9.17) is 5.41 Å². The molecule has 1 aromatic rings. The van der Waals surface area contributed by atoms with E-state index in [1.807, 2.05) is 0 Å². The minimum absolute atomic E-state index is 0.0350. The van der Waals surface area contributed by atoms with Crippen molar-refractivity contribution in [3.8, 4) is 0 Å². The van der Waals surface area contributed by atoms with E-state index in [0.29, 0.717) is 36.1 Å². The van der Waals surface area contributed by atoms with Gasteiger partial charge in [0.1, 0.15) is 0 Å². The molecule has 0 aromatic heterocycles. The maximum absolute atomic E-state index is 13.5. The normalized spacial score (nSPS) is 19.8. The predicted molar refractivity (Wildman–Crippen MR) is 104 cm³/mol. The van der Waals surface area contributed by atoms with Crippen LogP contribution in [-0.4, -0.2) is 59.4 Å². The molecule has 150 valence electrons. The molecule has 4 rings (SSSR count). The Morgan fingerprint density at radius 2 is 1.79 bits per heavy atom. The summed E-state index contributed by atoms with van der Waals surface area (Å²) in [7, 11) is 0. The first-order valence-electron chi connectivity index (χ1n) is 9.57. The zero-order valence-electron chi connectivity index (χ0n) is 15.8. The maximum Gasteiger partial charge on any atom is 0.261 e. The molecule has 1 fully saturated rings. The fourth-order valence-corrected chi connectivity index (χ4v) is 3.75. The largest absolute Gasteiger partial charge is 0.384 e. The van der Waals surface area contributed by atoms with Crippen LogP contribution in [0.4, 0.5) is 4.39 Å². The first kappa shape index (κ1) is 19.0. The number of benzene rings is 1. The van der Waals surface area contributed by atoms with E-state index >= 15 is 0 Å². The highest BCUT2D eigenvalue weighted by Crippen LogP contribution is 2.31. The number of nitrogens with one attached hydrogen (secondary N) is 2. The molecule has 8 heteroatoms. The molecule has 0 saturated heterocycles. The smallest absolute Gasteiger partial charge is 0.261 e. The number of amides is 3. The SMILES string of the molecule is N=CC1=C(NC/C(=C/F)CN2C(=O)c3ccccc3C2=O)CCN(C2CC2)C1=O. The fraction of sp³-hybridized carbons (Fsp3) is 0.333. The summed E-state index contributed by atoms with van der Waals surface area (Å²) < 4.78 is 13.5. The van der Waals surface area contributed by atoms with Crippen LogP contribution in [0.15, 0.2) is 47.4 Å². The molecule has 1 aromatic carbocycles. The van der Waals surface area contributed by atoms with Gasteiger partial charge in [-0.2, -0.15) is 0 Å². The summed E-state index contributed by atoms with van der Waals surface area (Å²) >= 11 is 0. The van der Waals surface area contributed by atoms with Crippen LogP contribution in [0.1, 0.15) is 40.0 Å². The van der Waals surface area contributed by atoms with Crippen LogP contribution in [0.25, 0.3) is 0 Å². The Morgan fingerprint density at radius 1 is 1.14 bits per heavy atom. The Bertz CT molecular complexity index is 929. The minimum Gasteiger partial charge on any atom is -0.384 e. The van der Waals surface area contributed by atoms with Gasteiger partial charge in [0.15, 0.2) is 0 Å². The van der Waals surface area contributed by atoms with Gasteiger partial charge in [-0.3, -0.25) is 19.3 Å². The second-order valence-corrected chi connectivity index (χ2v) is 7.38. The molecule has 0 spiro atoms. The van der Waals surface area contributed by atoms with Crippen LogP contribution < -0.4 is 5.32 Å². The Hall–Kier alpha value is -3.29. The van der Waals surface area contributed by atoms with Gasteiger partial charge in [-0.05, 0) is 30.5 Å². The molecule has 0 radical (unpaired) electrons. The number of hydrogen-bond acceptors (Lipinski definition) is 5. The van der Waals surface area contributed by atoms with Crippen molar-refractivity contribution < 1.29 is 18.8 Å². The van der Waals surface area contributed by atoms with Crippen molar-refractivity contribution in [1.29, 1.82) is 5.41 Å². The molecule has 0 unspecified atom stereocenters. The van der Waals surface area contributed by atoms with Gasteiger partial charge in [-0.15, -0.1) is 0 Å². The van der Waals surface area contributed by atoms with E-state index in [1.165, 1.54) is 0 Å². The van der Waals surface area contributed by atoms with Crippen molar-refractivity contribution in [1.82, 2.24) is 15.1 Å². The summed E-state index contributed by atoms with van der Waals surface area (Å²) in [4.78, 5) is 40.3. The molecule has 0 bridgehead atoms. The van der Waals surface area contributed by atoms with Crippen LogP contribution in [0.2, 0.25) is 0 Å². The van der Waals surface area contributed by atoms with Crippen molar-refractivity contribution in [2.75, 3.05) is 19.6 Å².